The van der Waals surface area contributed by atoms with Crippen LogP contribution in [0.4, 0.5) is 34.8 Å². The molecule has 0 spiro atoms. The number of imidazole rings is 1. The molecule has 0 unspecified atom stereocenters. The Hall–Kier alpha value is -3.87. The van der Waals surface area contributed by atoms with Gasteiger partial charge in [-0.3, -0.25) is 9.12 Å². The van der Waals surface area contributed by atoms with E-state index in [9.17, 15) is 26.0 Å². The van der Waals surface area contributed by atoms with Crippen LogP contribution in [0.2, 0.25) is 0 Å². The van der Waals surface area contributed by atoms with Gasteiger partial charge in [-0.25, -0.2) is 18.4 Å². The Balaban J connectivity index is 1.64. The Kier molecular flexibility index (Phi) is 6.04. The number of aromatic nitrogens is 3. The highest BCUT2D eigenvalue weighted by molar-refractivity contribution is 7.92. The van der Waals surface area contributed by atoms with Gasteiger partial charge in [0.2, 0.25) is 10.0 Å². The quantitative estimate of drug-likeness (QED) is 0.343. The third-order valence-electron chi connectivity index (χ3n) is 4.49. The summed E-state index contributed by atoms with van der Waals surface area (Å²) in [6.07, 6.45) is -2.88. The molecule has 2 heterocycles. The van der Waals surface area contributed by atoms with Crippen molar-refractivity contribution in [1.82, 2.24) is 14.4 Å². The average Bonchev–Trinajstić information content (AvgIpc) is 3.18. The monoisotopic (exact) mass is 495 g/mol. The summed E-state index contributed by atoms with van der Waals surface area (Å²) < 4.78 is 82.6. The Morgan fingerprint density at radius 3 is 2.53 bits per heavy atom. The van der Waals surface area contributed by atoms with Crippen molar-refractivity contribution in [2.45, 2.75) is 12.5 Å². The Labute approximate surface area is 191 Å². The maximum Gasteiger partial charge on any atom is 0.461 e. The zero-order chi connectivity index (χ0) is 24.5. The molecule has 2 aromatic carbocycles. The molecule has 0 saturated heterocycles. The van der Waals surface area contributed by atoms with Crippen LogP contribution in [-0.4, -0.2) is 41.6 Å². The van der Waals surface area contributed by atoms with E-state index in [2.05, 4.69) is 24.7 Å². The number of sulfonamides is 1. The number of anilines is 3. The van der Waals surface area contributed by atoms with E-state index in [1.165, 1.54) is 18.3 Å². The lowest BCUT2D eigenvalue weighted by Gasteiger charge is -2.17. The van der Waals surface area contributed by atoms with Crippen molar-refractivity contribution < 1.29 is 30.7 Å². The SMILES string of the molecule is CS(=O)(=O)Nc1cccc(-c2cnc3c(Nc4cccc(OC(F)(F)C(F)F)c4)nccn23)c1. The molecule has 0 aliphatic carbocycles. The second-order valence-electron chi connectivity index (χ2n) is 7.19. The van der Waals surface area contributed by atoms with E-state index in [0.29, 0.717) is 22.6 Å². The van der Waals surface area contributed by atoms with Crippen LogP contribution in [-0.2, 0) is 10.0 Å². The van der Waals surface area contributed by atoms with Crippen molar-refractivity contribution >= 4 is 32.9 Å². The van der Waals surface area contributed by atoms with E-state index in [4.69, 9.17) is 0 Å². The van der Waals surface area contributed by atoms with E-state index in [1.807, 2.05) is 0 Å². The van der Waals surface area contributed by atoms with Crippen LogP contribution in [0.3, 0.4) is 0 Å². The number of ether oxygens (including phenoxy) is 1. The number of rotatable bonds is 8. The fourth-order valence-electron chi connectivity index (χ4n) is 3.15. The lowest BCUT2D eigenvalue weighted by atomic mass is 10.1. The van der Waals surface area contributed by atoms with Gasteiger partial charge in [0.05, 0.1) is 18.1 Å². The zero-order valence-electron chi connectivity index (χ0n) is 17.4. The summed E-state index contributed by atoms with van der Waals surface area (Å²) in [5, 5.41) is 2.91. The summed E-state index contributed by atoms with van der Waals surface area (Å²) in [6, 6.07) is 11.8. The molecule has 0 aliphatic rings. The van der Waals surface area contributed by atoms with Gasteiger partial charge in [-0.2, -0.15) is 17.6 Å². The molecule has 0 amide bonds. The summed E-state index contributed by atoms with van der Waals surface area (Å²) >= 11 is 0. The topological polar surface area (TPSA) is 97.6 Å². The maximum absolute atomic E-state index is 13.2. The van der Waals surface area contributed by atoms with Gasteiger partial charge >= 0.3 is 12.5 Å². The Bertz CT molecular complexity index is 1440. The molecule has 8 nitrogen and oxygen atoms in total. The molecular formula is C21H17F4N5O3S. The van der Waals surface area contributed by atoms with Crippen LogP contribution in [0, 0.1) is 0 Å². The number of halogens is 4. The predicted octanol–water partition coefficient (Wildman–Crippen LogP) is 4.75. The van der Waals surface area contributed by atoms with Crippen molar-refractivity contribution in [3.05, 3.63) is 67.1 Å². The molecule has 0 radical (unpaired) electrons. The van der Waals surface area contributed by atoms with Crippen molar-refractivity contribution in [3.8, 4) is 17.0 Å². The van der Waals surface area contributed by atoms with Gasteiger partial charge < -0.3 is 10.1 Å². The minimum Gasteiger partial charge on any atom is -0.428 e. The summed E-state index contributed by atoms with van der Waals surface area (Å²) in [5.41, 5.74) is 2.31. The largest absolute Gasteiger partial charge is 0.461 e. The molecule has 0 bridgehead atoms. The van der Waals surface area contributed by atoms with E-state index in [-0.39, 0.29) is 11.5 Å². The number of nitrogens with zero attached hydrogens (tertiary/aromatic N) is 3. The van der Waals surface area contributed by atoms with Gasteiger partial charge in [-0.05, 0) is 24.3 Å². The second kappa shape index (κ2) is 8.82. The highest BCUT2D eigenvalue weighted by Crippen LogP contribution is 2.31. The summed E-state index contributed by atoms with van der Waals surface area (Å²) in [6.45, 7) is 0. The molecular weight excluding hydrogens is 478 g/mol. The molecule has 0 saturated carbocycles. The molecule has 34 heavy (non-hydrogen) atoms. The molecule has 2 N–H and O–H groups in total. The lowest BCUT2D eigenvalue weighted by Crippen LogP contribution is -2.33. The van der Waals surface area contributed by atoms with Crippen LogP contribution >= 0.6 is 0 Å². The van der Waals surface area contributed by atoms with Crippen LogP contribution in [0.5, 0.6) is 5.75 Å². The van der Waals surface area contributed by atoms with Crippen molar-refractivity contribution in [3.63, 3.8) is 0 Å². The van der Waals surface area contributed by atoms with Crippen molar-refractivity contribution in [2.24, 2.45) is 0 Å². The molecule has 178 valence electrons. The first-order valence-corrected chi connectivity index (χ1v) is 11.5. The fourth-order valence-corrected chi connectivity index (χ4v) is 3.71. The molecule has 0 fully saturated rings. The first-order chi connectivity index (χ1) is 16.0. The lowest BCUT2D eigenvalue weighted by molar-refractivity contribution is -0.253. The van der Waals surface area contributed by atoms with Gasteiger partial charge in [0.15, 0.2) is 11.5 Å². The van der Waals surface area contributed by atoms with Crippen molar-refractivity contribution in [2.75, 3.05) is 16.3 Å². The highest BCUT2D eigenvalue weighted by Gasteiger charge is 2.44. The minimum absolute atomic E-state index is 0.257. The van der Waals surface area contributed by atoms with Crippen LogP contribution < -0.4 is 14.8 Å². The third kappa shape index (κ3) is 5.20. The average molecular weight is 495 g/mol. The normalized spacial score (nSPS) is 12.2. The number of nitrogens with one attached hydrogen (secondary N) is 2. The highest BCUT2D eigenvalue weighted by atomic mass is 32.2. The zero-order valence-corrected chi connectivity index (χ0v) is 18.2. The molecule has 0 aliphatic heterocycles. The molecule has 13 heteroatoms. The van der Waals surface area contributed by atoms with E-state index >= 15 is 0 Å². The number of hydrogen-bond donors (Lipinski definition) is 2. The molecule has 0 atom stereocenters. The Morgan fingerprint density at radius 2 is 1.79 bits per heavy atom. The molecule has 4 aromatic rings. The van der Waals surface area contributed by atoms with Gasteiger partial charge in [0, 0.05) is 35.4 Å². The molecule has 4 rings (SSSR count). The van der Waals surface area contributed by atoms with Gasteiger partial charge in [0.25, 0.3) is 0 Å². The standard InChI is InChI=1S/C21H17F4N5O3S/c1-34(31,32)29-15-6-2-4-13(10-15)17-12-27-19-18(26-8-9-30(17)19)28-14-5-3-7-16(11-14)33-21(24,25)20(22)23/h2-12,20,29H,1H3,(H,26,28). The van der Waals surface area contributed by atoms with Gasteiger partial charge in [-0.15, -0.1) is 0 Å². The smallest absolute Gasteiger partial charge is 0.428 e. The van der Waals surface area contributed by atoms with Crippen LogP contribution in [0.25, 0.3) is 16.9 Å². The van der Waals surface area contributed by atoms with Crippen LogP contribution in [0.1, 0.15) is 0 Å². The second-order valence-corrected chi connectivity index (χ2v) is 8.93. The Morgan fingerprint density at radius 1 is 1.06 bits per heavy atom. The number of fused-ring (bicyclic) bond motifs is 1. The van der Waals surface area contributed by atoms with Gasteiger partial charge in [0.1, 0.15) is 5.75 Å². The van der Waals surface area contributed by atoms with Gasteiger partial charge in [-0.1, -0.05) is 18.2 Å². The summed E-state index contributed by atoms with van der Waals surface area (Å²) in [4.78, 5) is 8.56. The van der Waals surface area contributed by atoms with Crippen molar-refractivity contribution in [1.29, 1.82) is 0 Å². The van der Waals surface area contributed by atoms with E-state index in [0.717, 1.165) is 18.4 Å². The van der Waals surface area contributed by atoms with Crippen LogP contribution in [0.15, 0.2) is 67.1 Å². The third-order valence-corrected chi connectivity index (χ3v) is 5.10. The number of benzene rings is 2. The van der Waals surface area contributed by atoms with E-state index in [1.54, 1.807) is 41.1 Å². The number of hydrogen-bond acceptors (Lipinski definition) is 6. The van der Waals surface area contributed by atoms with E-state index < -0.39 is 28.3 Å². The maximum atomic E-state index is 13.2. The fraction of sp³-hybridized carbons (Fsp3) is 0.143. The first kappa shape index (κ1) is 23.3. The minimum atomic E-state index is -4.63. The summed E-state index contributed by atoms with van der Waals surface area (Å²) in [7, 11) is -3.46. The number of alkyl halides is 4. The molecule has 2 aromatic heterocycles. The first-order valence-electron chi connectivity index (χ1n) is 9.64. The predicted molar refractivity (Wildman–Crippen MR) is 118 cm³/mol. The summed E-state index contributed by atoms with van der Waals surface area (Å²) in [5.74, 6) is -0.196.